The highest BCUT2D eigenvalue weighted by Crippen LogP contribution is 2.25. The van der Waals surface area contributed by atoms with E-state index in [-0.39, 0.29) is 17.0 Å². The quantitative estimate of drug-likeness (QED) is 0.742. The molecule has 1 saturated heterocycles. The Kier molecular flexibility index (Phi) is 6.14. The molecule has 29 heavy (non-hydrogen) atoms. The summed E-state index contributed by atoms with van der Waals surface area (Å²) < 4.78 is 33.6. The predicted octanol–water partition coefficient (Wildman–Crippen LogP) is 3.64. The van der Waals surface area contributed by atoms with Crippen molar-refractivity contribution in [2.24, 2.45) is 0 Å². The molecule has 0 saturated carbocycles. The number of benzene rings is 1. The van der Waals surface area contributed by atoms with E-state index >= 15 is 0 Å². The normalized spacial score (nSPS) is 19.6. The number of aromatic nitrogens is 1. The van der Waals surface area contributed by atoms with E-state index in [1.165, 1.54) is 0 Å². The topological polar surface area (TPSA) is 79.8 Å². The number of hydrogen-bond donors (Lipinski definition) is 0. The lowest BCUT2D eigenvalue weighted by atomic mass is 10.2. The van der Waals surface area contributed by atoms with Gasteiger partial charge in [-0.25, -0.2) is 13.2 Å². The van der Waals surface area contributed by atoms with Crippen LogP contribution in [-0.2, 0) is 14.8 Å². The number of carbonyl (C=O) groups is 1. The van der Waals surface area contributed by atoms with Gasteiger partial charge in [-0.3, -0.25) is 4.98 Å². The lowest BCUT2D eigenvalue weighted by molar-refractivity contribution is 0.0219. The zero-order valence-corrected chi connectivity index (χ0v) is 18.3. The van der Waals surface area contributed by atoms with Crippen LogP contribution in [0.3, 0.4) is 0 Å². The van der Waals surface area contributed by atoms with Crippen LogP contribution in [0.25, 0.3) is 10.8 Å². The number of fused-ring (bicyclic) bond motifs is 1. The molecule has 2 heterocycles. The predicted molar refractivity (Wildman–Crippen MR) is 112 cm³/mol. The molecule has 0 aliphatic carbocycles. The lowest BCUT2D eigenvalue weighted by Crippen LogP contribution is -2.47. The number of rotatable bonds is 2. The first kappa shape index (κ1) is 21.5. The molecule has 2 aromatic rings. The van der Waals surface area contributed by atoms with Gasteiger partial charge in [0.25, 0.3) is 0 Å². The van der Waals surface area contributed by atoms with Gasteiger partial charge in [-0.1, -0.05) is 6.07 Å². The van der Waals surface area contributed by atoms with Gasteiger partial charge in [0.2, 0.25) is 10.0 Å². The van der Waals surface area contributed by atoms with Gasteiger partial charge in [0.1, 0.15) is 5.60 Å². The maximum absolute atomic E-state index is 13.3. The first-order valence-corrected chi connectivity index (χ1v) is 11.4. The Labute approximate surface area is 172 Å². The first-order valence-electron chi connectivity index (χ1n) is 9.91. The smallest absolute Gasteiger partial charge is 0.410 e. The molecule has 0 radical (unpaired) electrons. The van der Waals surface area contributed by atoms with Crippen LogP contribution in [0.2, 0.25) is 0 Å². The molecule has 158 valence electrons. The van der Waals surface area contributed by atoms with Gasteiger partial charge in [-0.15, -0.1) is 0 Å². The Balaban J connectivity index is 1.76. The van der Waals surface area contributed by atoms with Crippen molar-refractivity contribution in [2.45, 2.75) is 57.1 Å². The number of nitrogens with zero attached hydrogens (tertiary/aromatic N) is 3. The van der Waals surface area contributed by atoms with Crippen molar-refractivity contribution in [3.63, 3.8) is 0 Å². The Morgan fingerprint density at radius 3 is 2.62 bits per heavy atom. The summed E-state index contributed by atoms with van der Waals surface area (Å²) in [4.78, 5) is 18.4. The number of carbonyl (C=O) groups excluding carboxylic acids is 1. The Morgan fingerprint density at radius 1 is 1.14 bits per heavy atom. The van der Waals surface area contributed by atoms with Crippen molar-refractivity contribution in [1.82, 2.24) is 14.2 Å². The molecule has 1 atom stereocenters. The van der Waals surface area contributed by atoms with Gasteiger partial charge in [-0.2, -0.15) is 4.31 Å². The van der Waals surface area contributed by atoms with Gasteiger partial charge >= 0.3 is 6.09 Å². The SMILES string of the molecule is C[C@H]1CCN(C(=O)OC(C)(C)C)CCCN1S(=O)(=O)c1ccc2cnccc2c1. The summed E-state index contributed by atoms with van der Waals surface area (Å²) in [5, 5.41) is 1.75. The van der Waals surface area contributed by atoms with Crippen molar-refractivity contribution in [2.75, 3.05) is 19.6 Å². The first-order chi connectivity index (χ1) is 13.6. The molecule has 0 bridgehead atoms. The van der Waals surface area contributed by atoms with Crippen LogP contribution in [0.1, 0.15) is 40.5 Å². The van der Waals surface area contributed by atoms with E-state index in [9.17, 15) is 13.2 Å². The molecule has 1 amide bonds. The zero-order valence-electron chi connectivity index (χ0n) is 17.5. The largest absolute Gasteiger partial charge is 0.444 e. The molecule has 1 aliphatic rings. The van der Waals surface area contributed by atoms with Gasteiger partial charge in [0.15, 0.2) is 0 Å². The van der Waals surface area contributed by atoms with E-state index in [1.807, 2.05) is 33.8 Å². The number of sulfonamides is 1. The van der Waals surface area contributed by atoms with E-state index in [0.29, 0.717) is 32.5 Å². The van der Waals surface area contributed by atoms with Crippen molar-refractivity contribution >= 4 is 26.9 Å². The molecule has 0 N–H and O–H groups in total. The third-order valence-corrected chi connectivity index (χ3v) is 6.99. The summed E-state index contributed by atoms with van der Waals surface area (Å²) >= 11 is 0. The molecule has 7 nitrogen and oxygen atoms in total. The monoisotopic (exact) mass is 419 g/mol. The Bertz CT molecular complexity index is 985. The number of hydrogen-bond acceptors (Lipinski definition) is 5. The van der Waals surface area contributed by atoms with Gasteiger partial charge in [-0.05, 0) is 64.1 Å². The number of ether oxygens (including phenoxy) is 1. The van der Waals surface area contributed by atoms with Crippen LogP contribution in [0, 0.1) is 0 Å². The number of amides is 1. The minimum atomic E-state index is -3.63. The fourth-order valence-corrected chi connectivity index (χ4v) is 5.20. The number of pyridine rings is 1. The van der Waals surface area contributed by atoms with Crippen molar-refractivity contribution in [3.05, 3.63) is 36.7 Å². The van der Waals surface area contributed by atoms with Gasteiger partial charge in [0.05, 0.1) is 4.90 Å². The molecular weight excluding hydrogens is 390 g/mol. The molecule has 0 spiro atoms. The van der Waals surface area contributed by atoms with E-state index in [0.717, 1.165) is 10.8 Å². The average molecular weight is 420 g/mol. The standard InChI is InChI=1S/C21H29N3O4S/c1-16-9-13-23(20(25)28-21(2,3)4)11-5-12-24(16)29(26,27)19-7-6-18-15-22-10-8-17(18)14-19/h6-8,10,14-16H,5,9,11-13H2,1-4H3/t16-/m0/s1. The molecule has 8 heteroatoms. The summed E-state index contributed by atoms with van der Waals surface area (Å²) in [5.41, 5.74) is -0.550. The van der Waals surface area contributed by atoms with E-state index in [1.54, 1.807) is 39.8 Å². The average Bonchev–Trinajstić information content (AvgIpc) is 2.63. The maximum atomic E-state index is 13.3. The zero-order chi connectivity index (χ0) is 21.2. The van der Waals surface area contributed by atoms with Crippen LogP contribution >= 0.6 is 0 Å². The summed E-state index contributed by atoms with van der Waals surface area (Å²) in [6, 6.07) is 6.71. The lowest BCUT2D eigenvalue weighted by Gasteiger charge is -2.35. The van der Waals surface area contributed by atoms with E-state index in [4.69, 9.17) is 4.74 Å². The van der Waals surface area contributed by atoms with E-state index < -0.39 is 15.6 Å². The minimum Gasteiger partial charge on any atom is -0.444 e. The molecule has 1 aliphatic heterocycles. The van der Waals surface area contributed by atoms with Gasteiger partial charge in [0, 0.05) is 43.5 Å². The minimum absolute atomic E-state index is 0.224. The van der Waals surface area contributed by atoms with Crippen LogP contribution in [0.15, 0.2) is 41.6 Å². The van der Waals surface area contributed by atoms with E-state index in [2.05, 4.69) is 4.98 Å². The third-order valence-electron chi connectivity index (χ3n) is 4.99. The highest BCUT2D eigenvalue weighted by molar-refractivity contribution is 7.89. The fraction of sp³-hybridized carbons (Fsp3) is 0.524. The second-order valence-electron chi connectivity index (χ2n) is 8.46. The highest BCUT2D eigenvalue weighted by atomic mass is 32.2. The molecule has 1 aromatic carbocycles. The Morgan fingerprint density at radius 2 is 1.90 bits per heavy atom. The summed E-state index contributed by atoms with van der Waals surface area (Å²) in [6.45, 7) is 8.70. The fourth-order valence-electron chi connectivity index (χ4n) is 3.46. The molecule has 1 aromatic heterocycles. The summed E-state index contributed by atoms with van der Waals surface area (Å²) in [6.07, 6.45) is 4.14. The Hall–Kier alpha value is -2.19. The highest BCUT2D eigenvalue weighted by Gasteiger charge is 2.32. The summed E-state index contributed by atoms with van der Waals surface area (Å²) in [7, 11) is -3.63. The van der Waals surface area contributed by atoms with Crippen molar-refractivity contribution < 1.29 is 17.9 Å². The van der Waals surface area contributed by atoms with Crippen LogP contribution in [0.4, 0.5) is 4.79 Å². The van der Waals surface area contributed by atoms with Crippen molar-refractivity contribution in [1.29, 1.82) is 0 Å². The second-order valence-corrected chi connectivity index (χ2v) is 10.3. The maximum Gasteiger partial charge on any atom is 0.410 e. The second kappa shape index (κ2) is 8.28. The van der Waals surface area contributed by atoms with Crippen molar-refractivity contribution in [3.8, 4) is 0 Å². The molecule has 0 unspecified atom stereocenters. The van der Waals surface area contributed by atoms with Crippen LogP contribution < -0.4 is 0 Å². The molecule has 3 rings (SSSR count). The molecular formula is C21H29N3O4S. The molecule has 1 fully saturated rings. The third kappa shape index (κ3) is 5.05. The van der Waals surface area contributed by atoms with Crippen LogP contribution in [-0.4, -0.2) is 60.0 Å². The van der Waals surface area contributed by atoms with Crippen LogP contribution in [0.5, 0.6) is 0 Å². The summed E-state index contributed by atoms with van der Waals surface area (Å²) in [5.74, 6) is 0. The van der Waals surface area contributed by atoms with Gasteiger partial charge < -0.3 is 9.64 Å².